The molecule has 11 heavy (non-hydrogen) atoms. The Hall–Kier alpha value is -0.940. The van der Waals surface area contributed by atoms with Crippen molar-refractivity contribution in [2.45, 2.75) is 19.4 Å². The summed E-state index contributed by atoms with van der Waals surface area (Å²) in [6.45, 7) is 1.79. The molecule has 1 aromatic heterocycles. The van der Waals surface area contributed by atoms with Crippen LogP contribution in [0.25, 0.3) is 0 Å². The molecule has 0 amide bonds. The van der Waals surface area contributed by atoms with E-state index in [0.717, 1.165) is 0 Å². The van der Waals surface area contributed by atoms with Gasteiger partial charge in [0.2, 0.25) is 5.89 Å². The molecule has 0 aliphatic carbocycles. The molecular weight excluding hydrogens is 146 g/mol. The average molecular weight is 157 g/mol. The zero-order valence-corrected chi connectivity index (χ0v) is 6.32. The van der Waals surface area contributed by atoms with Crippen LogP contribution in [0.15, 0.2) is 4.52 Å². The fourth-order valence-electron chi connectivity index (χ4n) is 0.650. The fraction of sp³-hybridized carbons (Fsp3) is 0.667. The van der Waals surface area contributed by atoms with Crippen molar-refractivity contribution >= 4 is 0 Å². The van der Waals surface area contributed by atoms with Gasteiger partial charge in [0, 0.05) is 0 Å². The predicted molar refractivity (Wildman–Crippen MR) is 37.7 cm³/mol. The molecule has 0 bridgehead atoms. The summed E-state index contributed by atoms with van der Waals surface area (Å²) in [7, 11) is 0. The second-order valence-electron chi connectivity index (χ2n) is 2.31. The topological polar surface area (TPSA) is 85.2 Å². The molecule has 0 fully saturated rings. The molecule has 1 unspecified atom stereocenters. The molecule has 0 saturated carbocycles. The number of aliphatic hydroxyl groups is 1. The second-order valence-corrected chi connectivity index (χ2v) is 2.31. The molecule has 0 radical (unpaired) electrons. The van der Waals surface area contributed by atoms with E-state index in [4.69, 9.17) is 15.4 Å². The van der Waals surface area contributed by atoms with Gasteiger partial charge in [0.15, 0.2) is 5.82 Å². The molecule has 0 aliphatic rings. The maximum absolute atomic E-state index is 8.51. The van der Waals surface area contributed by atoms with Crippen LogP contribution in [0, 0.1) is 0 Å². The summed E-state index contributed by atoms with van der Waals surface area (Å²) in [5.74, 6) is 0.910. The second kappa shape index (κ2) is 3.45. The van der Waals surface area contributed by atoms with Crippen molar-refractivity contribution in [2.24, 2.45) is 5.73 Å². The summed E-state index contributed by atoms with van der Waals surface area (Å²) >= 11 is 0. The highest BCUT2D eigenvalue weighted by Crippen LogP contribution is 2.04. The summed E-state index contributed by atoms with van der Waals surface area (Å²) in [5, 5.41) is 12.1. The van der Waals surface area contributed by atoms with Crippen molar-refractivity contribution in [3.63, 3.8) is 0 Å². The quantitative estimate of drug-likeness (QED) is 0.625. The Kier molecular flexibility index (Phi) is 2.56. The molecule has 1 aromatic rings. The largest absolute Gasteiger partial charge is 0.396 e. The maximum atomic E-state index is 8.51. The van der Waals surface area contributed by atoms with Crippen molar-refractivity contribution in [3.05, 3.63) is 11.7 Å². The Bertz CT molecular complexity index is 221. The first-order chi connectivity index (χ1) is 5.24. The van der Waals surface area contributed by atoms with Crippen LogP contribution >= 0.6 is 0 Å². The third-order valence-corrected chi connectivity index (χ3v) is 1.22. The molecule has 0 saturated heterocycles. The van der Waals surface area contributed by atoms with Crippen LogP contribution in [-0.2, 0) is 6.42 Å². The molecule has 5 nitrogen and oxygen atoms in total. The minimum Gasteiger partial charge on any atom is -0.396 e. The van der Waals surface area contributed by atoms with Gasteiger partial charge in [-0.2, -0.15) is 4.98 Å². The van der Waals surface area contributed by atoms with E-state index in [1.807, 2.05) is 0 Å². The molecule has 1 rings (SSSR count). The summed E-state index contributed by atoms with van der Waals surface area (Å²) in [6, 6.07) is -0.216. The first-order valence-corrected chi connectivity index (χ1v) is 3.43. The SMILES string of the molecule is CC(N)c1noc(CCO)n1. The Morgan fingerprint density at radius 3 is 2.91 bits per heavy atom. The third-order valence-electron chi connectivity index (χ3n) is 1.22. The number of hydrogen-bond donors (Lipinski definition) is 2. The normalized spacial score (nSPS) is 13.4. The van der Waals surface area contributed by atoms with Crippen LogP contribution in [0.4, 0.5) is 0 Å². The molecule has 5 heteroatoms. The van der Waals surface area contributed by atoms with Gasteiger partial charge in [-0.3, -0.25) is 0 Å². The Balaban J connectivity index is 2.66. The van der Waals surface area contributed by atoms with Gasteiger partial charge in [-0.05, 0) is 6.92 Å². The number of nitrogens with zero attached hydrogens (tertiary/aromatic N) is 2. The number of aromatic nitrogens is 2. The summed E-state index contributed by atoms with van der Waals surface area (Å²) < 4.78 is 4.77. The van der Waals surface area contributed by atoms with Crippen molar-refractivity contribution in [2.75, 3.05) is 6.61 Å². The minimum atomic E-state index is -0.216. The summed E-state index contributed by atoms with van der Waals surface area (Å²) in [6.07, 6.45) is 0.389. The number of aliphatic hydroxyl groups excluding tert-OH is 1. The van der Waals surface area contributed by atoms with Crippen LogP contribution in [-0.4, -0.2) is 21.9 Å². The number of rotatable bonds is 3. The first kappa shape index (κ1) is 8.16. The van der Waals surface area contributed by atoms with E-state index in [9.17, 15) is 0 Å². The lowest BCUT2D eigenvalue weighted by atomic mass is 10.3. The van der Waals surface area contributed by atoms with E-state index in [0.29, 0.717) is 18.1 Å². The number of hydrogen-bond acceptors (Lipinski definition) is 5. The van der Waals surface area contributed by atoms with Crippen molar-refractivity contribution < 1.29 is 9.63 Å². The average Bonchev–Trinajstić information content (AvgIpc) is 2.37. The highest BCUT2D eigenvalue weighted by Gasteiger charge is 2.08. The lowest BCUT2D eigenvalue weighted by Crippen LogP contribution is -2.06. The molecule has 0 aliphatic heterocycles. The monoisotopic (exact) mass is 157 g/mol. The zero-order chi connectivity index (χ0) is 8.27. The number of nitrogens with two attached hydrogens (primary N) is 1. The van der Waals surface area contributed by atoms with Gasteiger partial charge in [-0.25, -0.2) is 0 Å². The van der Waals surface area contributed by atoms with E-state index in [1.165, 1.54) is 0 Å². The lowest BCUT2D eigenvalue weighted by molar-refractivity contribution is 0.273. The predicted octanol–water partition coefficient (Wildman–Crippen LogP) is -0.376. The van der Waals surface area contributed by atoms with Crippen LogP contribution in [0.1, 0.15) is 24.7 Å². The Labute approximate surface area is 64.2 Å². The summed E-state index contributed by atoms with van der Waals surface area (Å²) in [4.78, 5) is 3.94. The molecule has 62 valence electrons. The molecule has 3 N–H and O–H groups in total. The molecule has 0 aromatic carbocycles. The molecular formula is C6H11N3O2. The maximum Gasteiger partial charge on any atom is 0.229 e. The molecule has 1 atom stereocenters. The highest BCUT2D eigenvalue weighted by molar-refractivity contribution is 4.90. The van der Waals surface area contributed by atoms with Gasteiger partial charge in [0.05, 0.1) is 19.1 Å². The van der Waals surface area contributed by atoms with Gasteiger partial charge in [0.1, 0.15) is 0 Å². The first-order valence-electron chi connectivity index (χ1n) is 3.43. The van der Waals surface area contributed by atoms with Gasteiger partial charge >= 0.3 is 0 Å². The van der Waals surface area contributed by atoms with Crippen molar-refractivity contribution in [1.82, 2.24) is 10.1 Å². The Morgan fingerprint density at radius 1 is 1.73 bits per heavy atom. The molecule has 0 spiro atoms. The van der Waals surface area contributed by atoms with Gasteiger partial charge in [-0.15, -0.1) is 0 Å². The lowest BCUT2D eigenvalue weighted by Gasteiger charge is -1.92. The van der Waals surface area contributed by atoms with Crippen LogP contribution in [0.2, 0.25) is 0 Å². The van der Waals surface area contributed by atoms with Crippen molar-refractivity contribution in [3.8, 4) is 0 Å². The smallest absolute Gasteiger partial charge is 0.229 e. The fourth-order valence-corrected chi connectivity index (χ4v) is 0.650. The van der Waals surface area contributed by atoms with E-state index >= 15 is 0 Å². The minimum absolute atomic E-state index is 0.0145. The van der Waals surface area contributed by atoms with Crippen LogP contribution in [0.3, 0.4) is 0 Å². The molecule has 1 heterocycles. The standard InChI is InChI=1S/C6H11N3O2/c1-4(7)6-8-5(2-3-10)11-9-6/h4,10H,2-3,7H2,1H3. The Morgan fingerprint density at radius 2 is 2.45 bits per heavy atom. The van der Waals surface area contributed by atoms with E-state index in [2.05, 4.69) is 10.1 Å². The van der Waals surface area contributed by atoms with Gasteiger partial charge in [-0.1, -0.05) is 5.16 Å². The van der Waals surface area contributed by atoms with E-state index in [1.54, 1.807) is 6.92 Å². The van der Waals surface area contributed by atoms with Crippen molar-refractivity contribution in [1.29, 1.82) is 0 Å². The van der Waals surface area contributed by atoms with Gasteiger partial charge < -0.3 is 15.4 Å². The highest BCUT2D eigenvalue weighted by atomic mass is 16.5. The zero-order valence-electron chi connectivity index (χ0n) is 6.32. The van der Waals surface area contributed by atoms with E-state index < -0.39 is 0 Å². The van der Waals surface area contributed by atoms with Crippen LogP contribution in [0.5, 0.6) is 0 Å². The van der Waals surface area contributed by atoms with Gasteiger partial charge in [0.25, 0.3) is 0 Å². The summed E-state index contributed by atoms with van der Waals surface area (Å²) in [5.41, 5.74) is 5.48. The van der Waals surface area contributed by atoms with E-state index in [-0.39, 0.29) is 12.6 Å². The third kappa shape index (κ3) is 1.99. The van der Waals surface area contributed by atoms with Crippen LogP contribution < -0.4 is 5.73 Å².